The van der Waals surface area contributed by atoms with E-state index in [0.717, 1.165) is 31.9 Å². The fourth-order valence-corrected chi connectivity index (χ4v) is 2.98. The molecule has 0 spiro atoms. The first-order chi connectivity index (χ1) is 9.61. The van der Waals surface area contributed by atoms with E-state index in [-0.39, 0.29) is 0 Å². The van der Waals surface area contributed by atoms with Crippen LogP contribution >= 0.6 is 0 Å². The zero-order chi connectivity index (χ0) is 14.5. The smallest absolute Gasteiger partial charge is 0.0543 e. The van der Waals surface area contributed by atoms with E-state index in [1.807, 2.05) is 19.2 Å². The van der Waals surface area contributed by atoms with Crippen molar-refractivity contribution < 1.29 is 0 Å². The van der Waals surface area contributed by atoms with Gasteiger partial charge in [-0.15, -0.1) is 0 Å². The molecule has 1 aromatic rings. The molecule has 0 radical (unpaired) electrons. The Morgan fingerprint density at radius 3 is 3.00 bits per heavy atom. The number of nitrogens with zero attached hydrogens (tertiary/aromatic N) is 2. The number of hydrogen-bond acceptors (Lipinski definition) is 5. The zero-order valence-electron chi connectivity index (χ0n) is 12.8. The molecule has 1 aromatic carbocycles. The Hall–Kier alpha value is -1.14. The number of hydrogen-bond donors (Lipinski definition) is 3. The summed E-state index contributed by atoms with van der Waals surface area (Å²) < 4.78 is 0. The molecule has 1 heterocycles. The predicted molar refractivity (Wildman–Crippen MR) is 84.3 cm³/mol. The number of benzene rings is 1. The molecule has 2 atom stereocenters. The Labute approximate surface area is 122 Å². The molecule has 1 saturated heterocycles. The Bertz CT molecular complexity index is 422. The summed E-state index contributed by atoms with van der Waals surface area (Å²) in [6, 6.07) is 8.63. The van der Waals surface area contributed by atoms with Crippen LogP contribution in [-0.2, 0) is 0 Å². The predicted octanol–water partition coefficient (Wildman–Crippen LogP) is 0.527. The van der Waals surface area contributed by atoms with Crippen molar-refractivity contribution in [3.63, 3.8) is 0 Å². The van der Waals surface area contributed by atoms with Gasteiger partial charge in [-0.25, -0.2) is 5.01 Å². The molecule has 1 aliphatic rings. The topological polar surface area (TPSA) is 56.6 Å². The summed E-state index contributed by atoms with van der Waals surface area (Å²) in [5.41, 5.74) is 11.5. The van der Waals surface area contributed by atoms with Crippen molar-refractivity contribution in [1.82, 2.24) is 20.7 Å². The maximum atomic E-state index is 5.93. The van der Waals surface area contributed by atoms with Crippen molar-refractivity contribution in [2.24, 2.45) is 5.92 Å². The van der Waals surface area contributed by atoms with Crippen LogP contribution in [-0.4, -0.2) is 57.2 Å². The monoisotopic (exact) mass is 277 g/mol. The lowest BCUT2D eigenvalue weighted by Gasteiger charge is -2.28. The second-order valence-electron chi connectivity index (χ2n) is 5.71. The number of nitrogens with one attached hydrogen (secondary N) is 2. The molecule has 0 aromatic heterocycles. The van der Waals surface area contributed by atoms with Crippen molar-refractivity contribution in [1.29, 1.82) is 0 Å². The Balaban J connectivity index is 2.05. The van der Waals surface area contributed by atoms with E-state index in [1.165, 1.54) is 5.56 Å². The first-order valence-electron chi connectivity index (χ1n) is 7.26. The molecule has 0 bridgehead atoms. The van der Waals surface area contributed by atoms with Crippen molar-refractivity contribution >= 4 is 5.69 Å². The molecule has 2 unspecified atom stereocenters. The number of nitrogen functional groups attached to an aromatic ring is 1. The van der Waals surface area contributed by atoms with Crippen molar-refractivity contribution in [2.45, 2.75) is 6.04 Å². The summed E-state index contributed by atoms with van der Waals surface area (Å²) in [6.45, 7) is 4.19. The molecule has 5 nitrogen and oxygen atoms in total. The average Bonchev–Trinajstić information content (AvgIpc) is 2.77. The largest absolute Gasteiger partial charge is 0.399 e. The second-order valence-corrected chi connectivity index (χ2v) is 5.71. The van der Waals surface area contributed by atoms with Crippen LogP contribution in [0.5, 0.6) is 0 Å². The molecule has 0 amide bonds. The van der Waals surface area contributed by atoms with Gasteiger partial charge in [-0.3, -0.25) is 5.43 Å². The number of rotatable bonds is 6. The molecule has 1 aliphatic heterocycles. The maximum absolute atomic E-state index is 5.93. The van der Waals surface area contributed by atoms with Gasteiger partial charge in [0, 0.05) is 44.8 Å². The van der Waals surface area contributed by atoms with E-state index in [9.17, 15) is 0 Å². The van der Waals surface area contributed by atoms with Crippen molar-refractivity contribution in [2.75, 3.05) is 53.1 Å². The molecule has 112 valence electrons. The van der Waals surface area contributed by atoms with Crippen molar-refractivity contribution in [3.8, 4) is 0 Å². The van der Waals surface area contributed by atoms with Gasteiger partial charge in [0.05, 0.1) is 6.04 Å². The van der Waals surface area contributed by atoms with E-state index in [1.54, 1.807) is 0 Å². The molecule has 5 heteroatoms. The van der Waals surface area contributed by atoms with Crippen LogP contribution in [0.3, 0.4) is 0 Å². The molecular formula is C15H27N5. The highest BCUT2D eigenvalue weighted by Gasteiger charge is 2.33. The Morgan fingerprint density at radius 2 is 2.30 bits per heavy atom. The maximum Gasteiger partial charge on any atom is 0.0543 e. The van der Waals surface area contributed by atoms with Crippen LogP contribution in [0, 0.1) is 5.92 Å². The minimum atomic E-state index is 0.385. The van der Waals surface area contributed by atoms with Gasteiger partial charge >= 0.3 is 0 Å². The summed E-state index contributed by atoms with van der Waals surface area (Å²) >= 11 is 0. The molecule has 20 heavy (non-hydrogen) atoms. The van der Waals surface area contributed by atoms with Gasteiger partial charge < -0.3 is 16.0 Å². The van der Waals surface area contributed by atoms with E-state index in [2.05, 4.69) is 46.9 Å². The SMILES string of the molecule is CNCCN(C)CC1CNN(C)C1c1cccc(N)c1. The third-order valence-electron chi connectivity index (χ3n) is 4.01. The molecule has 4 N–H and O–H groups in total. The highest BCUT2D eigenvalue weighted by molar-refractivity contribution is 5.42. The van der Waals surface area contributed by atoms with Crippen LogP contribution in [0.25, 0.3) is 0 Å². The van der Waals surface area contributed by atoms with Gasteiger partial charge in [0.15, 0.2) is 0 Å². The summed E-state index contributed by atoms with van der Waals surface area (Å²) in [6.07, 6.45) is 0. The lowest BCUT2D eigenvalue weighted by atomic mass is 9.93. The average molecular weight is 277 g/mol. The van der Waals surface area contributed by atoms with E-state index < -0.39 is 0 Å². The third-order valence-corrected chi connectivity index (χ3v) is 4.01. The third kappa shape index (κ3) is 3.70. The minimum Gasteiger partial charge on any atom is -0.399 e. The van der Waals surface area contributed by atoms with Gasteiger partial charge in [0.25, 0.3) is 0 Å². The molecule has 0 saturated carbocycles. The van der Waals surface area contributed by atoms with Gasteiger partial charge in [-0.2, -0.15) is 0 Å². The normalized spacial score (nSPS) is 23.6. The molecule has 0 aliphatic carbocycles. The van der Waals surface area contributed by atoms with Crippen LogP contribution in [0.15, 0.2) is 24.3 Å². The zero-order valence-corrected chi connectivity index (χ0v) is 12.8. The molecular weight excluding hydrogens is 250 g/mol. The Morgan fingerprint density at radius 1 is 1.50 bits per heavy atom. The quantitative estimate of drug-likeness (QED) is 0.662. The van der Waals surface area contributed by atoms with Crippen LogP contribution in [0.1, 0.15) is 11.6 Å². The fraction of sp³-hybridized carbons (Fsp3) is 0.600. The lowest BCUT2D eigenvalue weighted by Crippen LogP contribution is -2.34. The van der Waals surface area contributed by atoms with Crippen molar-refractivity contribution in [3.05, 3.63) is 29.8 Å². The van der Waals surface area contributed by atoms with Gasteiger partial charge in [0.1, 0.15) is 0 Å². The highest BCUT2D eigenvalue weighted by atomic mass is 15.5. The first-order valence-corrected chi connectivity index (χ1v) is 7.26. The number of likely N-dealkylation sites (N-methyl/N-ethyl adjacent to an activating group) is 2. The standard InChI is InChI=1S/C15H27N5/c1-17-7-8-19(2)11-13-10-18-20(3)15(13)12-5-4-6-14(16)9-12/h4-6,9,13,15,17-18H,7-8,10-11,16H2,1-3H3. The van der Waals surface area contributed by atoms with E-state index in [0.29, 0.717) is 12.0 Å². The van der Waals surface area contributed by atoms with Gasteiger partial charge in [-0.1, -0.05) is 12.1 Å². The van der Waals surface area contributed by atoms with E-state index >= 15 is 0 Å². The van der Waals surface area contributed by atoms with Crippen LogP contribution in [0.2, 0.25) is 0 Å². The second kappa shape index (κ2) is 7.04. The number of nitrogens with two attached hydrogens (primary N) is 1. The molecule has 2 rings (SSSR count). The summed E-state index contributed by atoms with van der Waals surface area (Å²) in [7, 11) is 6.29. The molecule has 1 fully saturated rings. The Kier molecular flexibility index (Phi) is 5.37. The van der Waals surface area contributed by atoms with Gasteiger partial charge in [0.2, 0.25) is 0 Å². The van der Waals surface area contributed by atoms with Crippen LogP contribution in [0.4, 0.5) is 5.69 Å². The van der Waals surface area contributed by atoms with E-state index in [4.69, 9.17) is 5.73 Å². The highest BCUT2D eigenvalue weighted by Crippen LogP contribution is 2.32. The van der Waals surface area contributed by atoms with Crippen LogP contribution < -0.4 is 16.5 Å². The first kappa shape index (κ1) is 15.3. The number of hydrazine groups is 1. The number of anilines is 1. The fourth-order valence-electron chi connectivity index (χ4n) is 2.98. The summed E-state index contributed by atoms with van der Waals surface area (Å²) in [5.74, 6) is 0.573. The summed E-state index contributed by atoms with van der Waals surface area (Å²) in [5, 5.41) is 5.41. The minimum absolute atomic E-state index is 0.385. The summed E-state index contributed by atoms with van der Waals surface area (Å²) in [4.78, 5) is 2.39. The lowest BCUT2D eigenvalue weighted by molar-refractivity contribution is 0.197. The van der Waals surface area contributed by atoms with Gasteiger partial charge in [-0.05, 0) is 31.8 Å².